The molecule has 0 amide bonds. The quantitative estimate of drug-likeness (QED) is 0.271. The summed E-state index contributed by atoms with van der Waals surface area (Å²) in [6, 6.07) is 12.6. The van der Waals surface area contributed by atoms with Crippen LogP contribution in [0.25, 0.3) is 0 Å². The first-order valence-electron chi connectivity index (χ1n) is 9.33. The normalized spacial score (nSPS) is 10.9. The van der Waals surface area contributed by atoms with Gasteiger partial charge in [-0.2, -0.15) is 8.78 Å². The molecule has 0 heterocycles. The molecule has 6 nitrogen and oxygen atoms in total. The largest absolute Gasteiger partial charge is 0.497 e. The molecule has 166 valence electrons. The van der Waals surface area contributed by atoms with Gasteiger partial charge in [-0.15, -0.1) is 24.0 Å². The van der Waals surface area contributed by atoms with Gasteiger partial charge in [0.25, 0.3) is 0 Å². The molecule has 0 saturated carbocycles. The Hall–Kier alpha value is -2.30. The number of alkyl halides is 2. The monoisotopic (exact) mass is 535 g/mol. The van der Waals surface area contributed by atoms with Gasteiger partial charge in [0.05, 0.1) is 13.7 Å². The Morgan fingerprint density at radius 2 is 1.90 bits per heavy atom. The number of nitrogens with one attached hydrogen (secondary N) is 2. The van der Waals surface area contributed by atoms with Crippen LogP contribution >= 0.6 is 24.0 Å². The number of aliphatic imine (C=N–C) groups is 1. The molecule has 0 aliphatic rings. The van der Waals surface area contributed by atoms with Crippen LogP contribution in [-0.4, -0.2) is 39.9 Å². The van der Waals surface area contributed by atoms with E-state index in [1.54, 1.807) is 19.2 Å². The smallest absolute Gasteiger partial charge is 0.387 e. The van der Waals surface area contributed by atoms with E-state index in [9.17, 15) is 8.78 Å². The van der Waals surface area contributed by atoms with Crippen LogP contribution in [-0.2, 0) is 13.0 Å². The van der Waals surface area contributed by atoms with Gasteiger partial charge in [0.15, 0.2) is 5.96 Å². The molecule has 2 N–H and O–H groups in total. The van der Waals surface area contributed by atoms with E-state index in [0.29, 0.717) is 30.4 Å². The maximum Gasteiger partial charge on any atom is 0.387 e. The lowest BCUT2D eigenvalue weighted by Crippen LogP contribution is -2.38. The van der Waals surface area contributed by atoms with Gasteiger partial charge in [-0.25, -0.2) is 0 Å². The van der Waals surface area contributed by atoms with Crippen LogP contribution in [0.5, 0.6) is 17.2 Å². The van der Waals surface area contributed by atoms with Crippen molar-refractivity contribution >= 4 is 29.9 Å². The predicted molar refractivity (Wildman–Crippen MR) is 125 cm³/mol. The summed E-state index contributed by atoms with van der Waals surface area (Å²) < 4.78 is 40.5. The van der Waals surface area contributed by atoms with Crippen LogP contribution in [0, 0.1) is 0 Å². The van der Waals surface area contributed by atoms with E-state index in [0.717, 1.165) is 17.7 Å². The second-order valence-electron chi connectivity index (χ2n) is 6.04. The molecule has 0 saturated heterocycles. The Morgan fingerprint density at radius 1 is 1.10 bits per heavy atom. The Morgan fingerprint density at radius 3 is 2.57 bits per heavy atom. The Balaban J connectivity index is 0.00000450. The zero-order valence-electron chi connectivity index (χ0n) is 17.3. The molecule has 0 atom stereocenters. The zero-order valence-corrected chi connectivity index (χ0v) is 19.6. The second-order valence-corrected chi connectivity index (χ2v) is 6.04. The summed E-state index contributed by atoms with van der Waals surface area (Å²) in [5.41, 5.74) is 1.68. The molecule has 0 fully saturated rings. The molecule has 0 aromatic heterocycles. The summed E-state index contributed by atoms with van der Waals surface area (Å²) in [4.78, 5) is 4.16. The summed E-state index contributed by atoms with van der Waals surface area (Å²) in [6.45, 7) is 0.572. The fraction of sp³-hybridized carbons (Fsp3) is 0.381. The third kappa shape index (κ3) is 8.60. The van der Waals surface area contributed by atoms with E-state index < -0.39 is 6.61 Å². The van der Waals surface area contributed by atoms with Crippen molar-refractivity contribution in [1.82, 2.24) is 10.6 Å². The molecule has 0 bridgehead atoms. The SMILES string of the molecule is CCOc1cccc(CCNC(=NC)NCc2cc(OC)ccc2OC(F)F)c1.I. The summed E-state index contributed by atoms with van der Waals surface area (Å²) in [5, 5.41) is 6.31. The maximum atomic E-state index is 12.6. The average molecular weight is 535 g/mol. The molecular formula is C21H28F2IN3O3. The molecule has 0 spiro atoms. The standard InChI is InChI=1S/C21H27F2N3O3.HI/c1-4-28-18-7-5-6-15(12-18)10-11-25-21(24-2)26-14-16-13-17(27-3)8-9-19(16)29-20(22)23;/h5-9,12-13,20H,4,10-11,14H2,1-3H3,(H2,24,25,26);1H. The van der Waals surface area contributed by atoms with E-state index >= 15 is 0 Å². The van der Waals surface area contributed by atoms with Gasteiger partial charge in [0, 0.05) is 25.7 Å². The third-order valence-electron chi connectivity index (χ3n) is 4.07. The molecule has 9 heteroatoms. The lowest BCUT2D eigenvalue weighted by molar-refractivity contribution is -0.0504. The van der Waals surface area contributed by atoms with Gasteiger partial charge in [-0.3, -0.25) is 4.99 Å². The van der Waals surface area contributed by atoms with Crippen LogP contribution in [0.2, 0.25) is 0 Å². The van der Waals surface area contributed by atoms with Crippen LogP contribution < -0.4 is 24.8 Å². The minimum Gasteiger partial charge on any atom is -0.497 e. The topological polar surface area (TPSA) is 64.1 Å². The van der Waals surface area contributed by atoms with E-state index in [2.05, 4.69) is 20.4 Å². The lowest BCUT2D eigenvalue weighted by Gasteiger charge is -2.15. The number of rotatable bonds is 10. The summed E-state index contributed by atoms with van der Waals surface area (Å²) >= 11 is 0. The first-order chi connectivity index (χ1) is 14.0. The zero-order chi connectivity index (χ0) is 21.1. The molecule has 0 unspecified atom stereocenters. The van der Waals surface area contributed by atoms with Crippen molar-refractivity contribution in [3.05, 3.63) is 53.6 Å². The minimum absolute atomic E-state index is 0. The van der Waals surface area contributed by atoms with Crippen molar-refractivity contribution in [2.75, 3.05) is 27.3 Å². The van der Waals surface area contributed by atoms with Crippen LogP contribution in [0.15, 0.2) is 47.5 Å². The Labute approximate surface area is 193 Å². The molecule has 2 aromatic carbocycles. The van der Waals surface area contributed by atoms with Crippen molar-refractivity contribution in [3.8, 4) is 17.2 Å². The summed E-state index contributed by atoms with van der Waals surface area (Å²) in [5.74, 6) is 2.05. The van der Waals surface area contributed by atoms with Gasteiger partial charge in [0.1, 0.15) is 17.2 Å². The van der Waals surface area contributed by atoms with Gasteiger partial charge < -0.3 is 24.8 Å². The van der Waals surface area contributed by atoms with Crippen molar-refractivity contribution in [2.45, 2.75) is 26.5 Å². The number of ether oxygens (including phenoxy) is 3. The van der Waals surface area contributed by atoms with Crippen molar-refractivity contribution in [3.63, 3.8) is 0 Å². The van der Waals surface area contributed by atoms with Gasteiger partial charge >= 0.3 is 6.61 Å². The number of hydrogen-bond acceptors (Lipinski definition) is 4. The van der Waals surface area contributed by atoms with Gasteiger partial charge in [-0.1, -0.05) is 12.1 Å². The number of guanidine groups is 1. The van der Waals surface area contributed by atoms with Gasteiger partial charge in [-0.05, 0) is 49.2 Å². The molecular weight excluding hydrogens is 507 g/mol. The number of benzene rings is 2. The highest BCUT2D eigenvalue weighted by Gasteiger charge is 2.11. The predicted octanol–water partition coefficient (Wildman–Crippen LogP) is 4.22. The van der Waals surface area contributed by atoms with Crippen LogP contribution in [0.4, 0.5) is 8.78 Å². The Kier molecular flexibility index (Phi) is 11.9. The van der Waals surface area contributed by atoms with Crippen molar-refractivity contribution in [1.29, 1.82) is 0 Å². The first-order valence-corrected chi connectivity index (χ1v) is 9.33. The van der Waals surface area contributed by atoms with E-state index in [4.69, 9.17) is 9.47 Å². The second kappa shape index (κ2) is 13.8. The fourth-order valence-electron chi connectivity index (χ4n) is 2.71. The van der Waals surface area contributed by atoms with Crippen molar-refractivity contribution < 1.29 is 23.0 Å². The molecule has 0 aliphatic heterocycles. The van der Waals surface area contributed by atoms with Gasteiger partial charge in [0.2, 0.25) is 0 Å². The number of nitrogens with zero attached hydrogens (tertiary/aromatic N) is 1. The fourth-order valence-corrected chi connectivity index (χ4v) is 2.71. The van der Waals surface area contributed by atoms with Crippen molar-refractivity contribution in [2.24, 2.45) is 4.99 Å². The first kappa shape index (κ1) is 25.7. The van der Waals surface area contributed by atoms with Crippen LogP contribution in [0.3, 0.4) is 0 Å². The molecule has 2 aromatic rings. The lowest BCUT2D eigenvalue weighted by atomic mass is 10.1. The molecule has 0 aliphatic carbocycles. The molecule has 2 rings (SSSR count). The number of halogens is 3. The highest BCUT2D eigenvalue weighted by atomic mass is 127. The van der Waals surface area contributed by atoms with E-state index in [1.165, 1.54) is 13.2 Å². The summed E-state index contributed by atoms with van der Waals surface area (Å²) in [6.07, 6.45) is 0.778. The highest BCUT2D eigenvalue weighted by Crippen LogP contribution is 2.25. The van der Waals surface area contributed by atoms with Crippen LogP contribution in [0.1, 0.15) is 18.1 Å². The summed E-state index contributed by atoms with van der Waals surface area (Å²) in [7, 11) is 3.16. The van der Waals surface area contributed by atoms with E-state index in [1.807, 2.05) is 31.2 Å². The van der Waals surface area contributed by atoms with E-state index in [-0.39, 0.29) is 36.3 Å². The molecule has 30 heavy (non-hydrogen) atoms. The third-order valence-corrected chi connectivity index (χ3v) is 4.07. The molecule has 0 radical (unpaired) electrons. The minimum atomic E-state index is -2.90. The number of hydrogen-bond donors (Lipinski definition) is 2. The average Bonchev–Trinajstić information content (AvgIpc) is 2.71. The number of methoxy groups -OCH3 is 1. The highest BCUT2D eigenvalue weighted by molar-refractivity contribution is 14.0. The maximum absolute atomic E-state index is 12.6. The Bertz CT molecular complexity index is 807.